The van der Waals surface area contributed by atoms with E-state index in [-0.39, 0.29) is 0 Å². The number of halogens is 1. The summed E-state index contributed by atoms with van der Waals surface area (Å²) in [5.41, 5.74) is 0. The van der Waals surface area contributed by atoms with Crippen molar-refractivity contribution in [2.75, 3.05) is 7.11 Å². The van der Waals surface area contributed by atoms with Crippen LogP contribution in [0.2, 0.25) is 5.02 Å². The number of hydrogen-bond donors (Lipinski definition) is 0. The zero-order chi connectivity index (χ0) is 12.0. The van der Waals surface area contributed by atoms with Crippen LogP contribution < -0.4 is 9.47 Å². The molecule has 0 fully saturated rings. The summed E-state index contributed by atoms with van der Waals surface area (Å²) in [4.78, 5) is 11.3. The maximum Gasteiger partial charge on any atom is 0.315 e. The topological polar surface area (TPSA) is 35.5 Å². The van der Waals surface area contributed by atoms with Gasteiger partial charge in [0, 0.05) is 6.07 Å². The monoisotopic (exact) mass is 241 g/mol. The number of unbranched alkanes of at least 4 members (excludes halogenated alkanes) is 1. The maximum atomic E-state index is 11.3. The predicted molar refractivity (Wildman–Crippen MR) is 62.8 cm³/mol. The number of benzene rings is 1. The van der Waals surface area contributed by atoms with Gasteiger partial charge in [0.1, 0.15) is 5.75 Å². The molecular weight excluding hydrogens is 228 g/mol. The lowest BCUT2D eigenvalue weighted by Gasteiger charge is -2.07. The van der Waals surface area contributed by atoms with Gasteiger partial charge in [-0.2, -0.15) is 0 Å². The molecule has 0 saturated heterocycles. The number of ether oxygens (including phenoxy) is 2. The van der Waals surface area contributed by atoms with E-state index in [1.165, 1.54) is 13.5 Å². The minimum Gasteiger partial charge on any atom is -0.497 e. The quantitative estimate of drug-likeness (QED) is 0.586. The first-order chi connectivity index (χ1) is 7.67. The Morgan fingerprint density at radius 3 is 2.88 bits per heavy atom. The van der Waals surface area contributed by atoms with Crippen molar-refractivity contribution in [3.8, 4) is 11.5 Å². The Morgan fingerprint density at radius 1 is 1.50 bits per heavy atom. The number of esters is 1. The third-order valence-electron chi connectivity index (χ3n) is 1.95. The van der Waals surface area contributed by atoms with Crippen molar-refractivity contribution in [3.05, 3.63) is 29.6 Å². The first kappa shape index (κ1) is 12.8. The van der Waals surface area contributed by atoms with Crippen molar-refractivity contribution in [3.63, 3.8) is 0 Å². The summed E-state index contributed by atoms with van der Waals surface area (Å²) >= 11 is 5.88. The van der Waals surface area contributed by atoms with Crippen LogP contribution in [0.25, 0.3) is 0 Å². The van der Waals surface area contributed by atoms with Crippen LogP contribution in [0.15, 0.2) is 18.2 Å². The molecule has 0 atom stereocenters. The van der Waals surface area contributed by atoms with Crippen molar-refractivity contribution >= 4 is 17.6 Å². The van der Waals surface area contributed by atoms with E-state index in [2.05, 4.69) is 0 Å². The molecule has 0 aromatic heterocycles. The molecule has 0 saturated carbocycles. The fourth-order valence-corrected chi connectivity index (χ4v) is 1.26. The van der Waals surface area contributed by atoms with Crippen molar-refractivity contribution in [2.45, 2.75) is 19.8 Å². The normalized spacial score (nSPS) is 9.94. The zero-order valence-corrected chi connectivity index (χ0v) is 10.1. The van der Waals surface area contributed by atoms with Crippen molar-refractivity contribution in [2.24, 2.45) is 0 Å². The molecule has 0 bridgehead atoms. The van der Waals surface area contributed by atoms with Gasteiger partial charge in [0.2, 0.25) is 0 Å². The summed E-state index contributed by atoms with van der Waals surface area (Å²) in [7, 11) is 1.54. The molecule has 1 rings (SSSR count). The number of carbonyl (C=O) groups is 1. The van der Waals surface area contributed by atoms with Crippen LogP contribution in [0.3, 0.4) is 0 Å². The molecule has 1 aromatic rings. The molecule has 0 aliphatic heterocycles. The predicted octanol–water partition coefficient (Wildman–Crippen LogP) is 3.26. The van der Waals surface area contributed by atoms with Crippen molar-refractivity contribution < 1.29 is 14.3 Å². The van der Waals surface area contributed by atoms with Gasteiger partial charge < -0.3 is 9.47 Å². The van der Waals surface area contributed by atoms with Gasteiger partial charge in [0.25, 0.3) is 0 Å². The molecule has 16 heavy (non-hydrogen) atoms. The van der Waals surface area contributed by atoms with Crippen LogP contribution in [0.5, 0.6) is 11.5 Å². The zero-order valence-electron chi connectivity index (χ0n) is 9.33. The van der Waals surface area contributed by atoms with E-state index in [1.54, 1.807) is 18.2 Å². The average Bonchev–Trinajstić information content (AvgIpc) is 2.29. The fraction of sp³-hybridized carbons (Fsp3) is 0.333. The fourth-order valence-electron chi connectivity index (χ4n) is 1.10. The minimum absolute atomic E-state index is 0.318. The molecule has 1 aromatic carbocycles. The molecule has 0 unspecified atom stereocenters. The SMILES string of the molecule is CCC[CH]C(=O)Oc1cc(OC)ccc1Cl. The first-order valence-electron chi connectivity index (χ1n) is 5.06. The van der Waals surface area contributed by atoms with Crippen molar-refractivity contribution in [1.29, 1.82) is 0 Å². The number of carbonyl (C=O) groups excluding carboxylic acids is 1. The lowest BCUT2D eigenvalue weighted by molar-refractivity contribution is -0.130. The summed E-state index contributed by atoms with van der Waals surface area (Å²) in [6.07, 6.45) is 3.09. The molecule has 0 heterocycles. The Labute approximate surface area is 100 Å². The van der Waals surface area contributed by atoms with Crippen molar-refractivity contribution in [1.82, 2.24) is 0 Å². The van der Waals surface area contributed by atoms with Gasteiger partial charge in [-0.25, -0.2) is 0 Å². The van der Waals surface area contributed by atoms with E-state index in [1.807, 2.05) is 6.92 Å². The molecule has 0 aliphatic rings. The Bertz CT molecular complexity index is 363. The van der Waals surface area contributed by atoms with Gasteiger partial charge in [-0.05, 0) is 18.6 Å². The largest absolute Gasteiger partial charge is 0.497 e. The van der Waals surface area contributed by atoms with Crippen LogP contribution in [0, 0.1) is 6.42 Å². The molecule has 0 aliphatic carbocycles. The highest BCUT2D eigenvalue weighted by Gasteiger charge is 2.09. The summed E-state index contributed by atoms with van der Waals surface area (Å²) in [6, 6.07) is 4.91. The van der Waals surface area contributed by atoms with E-state index < -0.39 is 5.97 Å². The van der Waals surface area contributed by atoms with E-state index in [0.717, 1.165) is 6.42 Å². The molecule has 1 radical (unpaired) electrons. The Kier molecular flexibility index (Phi) is 5.12. The number of methoxy groups -OCH3 is 1. The van der Waals surface area contributed by atoms with Crippen LogP contribution >= 0.6 is 11.6 Å². The minimum atomic E-state index is -0.392. The Balaban J connectivity index is 2.68. The molecule has 3 nitrogen and oxygen atoms in total. The van der Waals surface area contributed by atoms with E-state index in [0.29, 0.717) is 22.9 Å². The van der Waals surface area contributed by atoms with Gasteiger partial charge in [0.15, 0.2) is 5.75 Å². The molecule has 0 N–H and O–H groups in total. The van der Waals surface area contributed by atoms with Gasteiger partial charge in [-0.15, -0.1) is 0 Å². The second-order valence-electron chi connectivity index (χ2n) is 3.21. The lowest BCUT2D eigenvalue weighted by atomic mass is 10.2. The molecule has 0 amide bonds. The Morgan fingerprint density at radius 2 is 2.25 bits per heavy atom. The summed E-state index contributed by atoms with van der Waals surface area (Å²) < 4.78 is 10.1. The molecule has 0 spiro atoms. The molecule has 4 heteroatoms. The van der Waals surface area contributed by atoms with Gasteiger partial charge >= 0.3 is 5.97 Å². The molecular formula is C12H14ClO3. The second-order valence-corrected chi connectivity index (χ2v) is 3.62. The lowest BCUT2D eigenvalue weighted by Crippen LogP contribution is -2.08. The highest BCUT2D eigenvalue weighted by Crippen LogP contribution is 2.29. The standard InChI is InChI=1S/C12H14ClO3/c1-3-4-5-12(14)16-11-8-9(15-2)6-7-10(11)13/h5-8H,3-4H2,1-2H3. The van der Waals surface area contributed by atoms with Gasteiger partial charge in [-0.3, -0.25) is 4.79 Å². The van der Waals surface area contributed by atoms with Gasteiger partial charge in [-0.1, -0.05) is 24.9 Å². The second kappa shape index (κ2) is 6.38. The average molecular weight is 242 g/mol. The summed E-state index contributed by atoms with van der Waals surface area (Å²) in [5.74, 6) is 0.526. The molecule has 87 valence electrons. The van der Waals surface area contributed by atoms with E-state index in [4.69, 9.17) is 21.1 Å². The van der Waals surface area contributed by atoms with E-state index >= 15 is 0 Å². The third-order valence-corrected chi connectivity index (χ3v) is 2.26. The third kappa shape index (κ3) is 3.74. The van der Waals surface area contributed by atoms with Gasteiger partial charge in [0.05, 0.1) is 18.6 Å². The Hall–Kier alpha value is -1.22. The van der Waals surface area contributed by atoms with Crippen LogP contribution in [0.4, 0.5) is 0 Å². The smallest absolute Gasteiger partial charge is 0.315 e. The maximum absolute atomic E-state index is 11.3. The van der Waals surface area contributed by atoms with Crippen LogP contribution in [-0.2, 0) is 4.79 Å². The van der Waals surface area contributed by atoms with E-state index in [9.17, 15) is 4.79 Å². The first-order valence-corrected chi connectivity index (χ1v) is 5.43. The number of rotatable bonds is 5. The highest BCUT2D eigenvalue weighted by molar-refractivity contribution is 6.32. The van der Waals surface area contributed by atoms with Crippen LogP contribution in [0.1, 0.15) is 19.8 Å². The summed E-state index contributed by atoms with van der Waals surface area (Å²) in [5, 5.41) is 0.388. The number of hydrogen-bond acceptors (Lipinski definition) is 3. The summed E-state index contributed by atoms with van der Waals surface area (Å²) in [6.45, 7) is 1.99. The highest BCUT2D eigenvalue weighted by atomic mass is 35.5. The van der Waals surface area contributed by atoms with Crippen LogP contribution in [-0.4, -0.2) is 13.1 Å².